The van der Waals surface area contributed by atoms with Gasteiger partial charge >= 0.3 is 5.97 Å². The van der Waals surface area contributed by atoms with Gasteiger partial charge in [-0.05, 0) is 112 Å². The molecule has 30 heteroatoms. The fraction of sp³-hybridized carbons (Fsp3) is 0.707. The monoisotopic (exact) mass is 1480 g/mol. The van der Waals surface area contributed by atoms with Crippen LogP contribution in [0.5, 0.6) is 0 Å². The molecule has 0 aromatic heterocycles. The van der Waals surface area contributed by atoms with Crippen LogP contribution in [-0.2, 0) is 78.3 Å². The third-order valence-electron chi connectivity index (χ3n) is 19.6. The van der Waals surface area contributed by atoms with Crippen molar-refractivity contribution in [3.63, 3.8) is 0 Å². The molecule has 1 aromatic rings. The Bertz CT molecular complexity index is 3160. The first-order chi connectivity index (χ1) is 49.3. The third-order valence-corrected chi connectivity index (χ3v) is 19.6. The Kier molecular flexibility index (Phi) is 37.8. The van der Waals surface area contributed by atoms with Crippen LogP contribution in [0.2, 0.25) is 0 Å². The first kappa shape index (κ1) is 90.7. The standard InChI is InChI=1S/C75H124N14O16/c1-20-43(15)33-34-53(91)80-54(38(5)6)68(97)87-61(46(18)90)72(101)82-56(40(9)10)69(98)83-57(41(11)12)74(103)89-36-28-32-52(89)66(95)78-50(31-27-35-76)64(93)85-59(44(16)21-2)71(100)88-62-47(19)105-75(104)58(42(13)14)84-63(92)49(23-4)77-65(94)51(37-48-29-25-24-26-30-48)79-67(96)55(39(7)8)81-70(99)60(45(17)22-3)86-73(62)102/h23-26,29-30,38-47,50-52,54-62,90H,20-22,27-28,31-37,76H2,1-19H3,(H,77,94)(H,78,95)(H,79,96)(H,80,91)(H,81,99)(H,82,101)(H,83,98)(H,84,92)(H,85,93)(H,86,102)(H,87,97)(H,88,100)/b49-23-/t43-,44+,45+,46-,47-,50+,51+,52-,54-,55-,56+,57-,58+,59-,60-,61+,62-/m1/s1. The van der Waals surface area contributed by atoms with Crippen molar-refractivity contribution < 1.29 is 77.0 Å². The zero-order valence-corrected chi connectivity index (χ0v) is 65.2. The van der Waals surface area contributed by atoms with Crippen LogP contribution in [0.1, 0.15) is 195 Å². The molecule has 1 aromatic carbocycles. The Morgan fingerprint density at radius 2 is 1.15 bits per heavy atom. The molecule has 17 atom stereocenters. The lowest BCUT2D eigenvalue weighted by Crippen LogP contribution is -2.64. The molecule has 0 bridgehead atoms. The molecule has 0 spiro atoms. The van der Waals surface area contributed by atoms with E-state index in [9.17, 15) is 62.6 Å². The van der Waals surface area contributed by atoms with Gasteiger partial charge < -0.3 is 84.3 Å². The maximum atomic E-state index is 15.0. The molecule has 0 radical (unpaired) electrons. The molecule has 3 rings (SSSR count). The maximum absolute atomic E-state index is 15.0. The first-order valence-corrected chi connectivity index (χ1v) is 37.5. The average Bonchev–Trinajstić information content (AvgIpc) is 1.80. The van der Waals surface area contributed by atoms with E-state index in [1.807, 2.05) is 13.8 Å². The lowest BCUT2D eigenvalue weighted by atomic mass is 9.95. The van der Waals surface area contributed by atoms with Crippen LogP contribution >= 0.6 is 0 Å². The summed E-state index contributed by atoms with van der Waals surface area (Å²) in [6, 6.07) is -7.67. The highest BCUT2D eigenvalue weighted by Gasteiger charge is 2.44. The van der Waals surface area contributed by atoms with Gasteiger partial charge in [-0.1, -0.05) is 166 Å². The van der Waals surface area contributed by atoms with Gasteiger partial charge in [-0.25, -0.2) is 4.79 Å². The van der Waals surface area contributed by atoms with Crippen LogP contribution in [0.15, 0.2) is 42.1 Å². The first-order valence-electron chi connectivity index (χ1n) is 37.5. The van der Waals surface area contributed by atoms with Crippen LogP contribution in [-0.4, -0.2) is 191 Å². The van der Waals surface area contributed by atoms with Crippen molar-refractivity contribution in [2.75, 3.05) is 13.1 Å². The maximum Gasteiger partial charge on any atom is 0.329 e. The topological polar surface area (TPSA) is 442 Å². The molecule has 105 heavy (non-hydrogen) atoms. The fourth-order valence-corrected chi connectivity index (χ4v) is 12.0. The summed E-state index contributed by atoms with van der Waals surface area (Å²) < 4.78 is 5.96. The minimum absolute atomic E-state index is 0.0355. The van der Waals surface area contributed by atoms with Gasteiger partial charge in [0.25, 0.3) is 5.91 Å². The molecule has 2 saturated heterocycles. The SMILES string of the molecule is C/C=C1\NC(=O)[C@H](Cc2ccccc2)NC(=O)[C@@H](C(C)C)NC(=O)[C@@H]([C@@H](C)CC)NC(=O)[C@H](NC(=O)[C@H](NC(=O)[C@H](CCCN)NC(=O)[C@H]2CCCN2C(=O)[C@H](NC(=O)[C@@H](NC(=O)[C@@H](NC(=O)[C@H](NC(=O)CC[C@H](C)CC)C(C)C)[C@@H](C)O)C(C)C)C(C)C)[C@@H](C)CC)[C@@H](C)OC(=O)[C@H](C(C)C)NC1=O. The van der Waals surface area contributed by atoms with E-state index in [1.165, 1.54) is 31.7 Å². The number of nitrogens with zero attached hydrogens (tertiary/aromatic N) is 1. The van der Waals surface area contributed by atoms with E-state index in [0.717, 1.165) is 6.42 Å². The minimum Gasteiger partial charge on any atom is -0.458 e. The van der Waals surface area contributed by atoms with Crippen LogP contribution in [0.3, 0.4) is 0 Å². The summed E-state index contributed by atoms with van der Waals surface area (Å²) in [5, 5.41) is 43.2. The summed E-state index contributed by atoms with van der Waals surface area (Å²) in [4.78, 5) is 202. The zero-order valence-electron chi connectivity index (χ0n) is 65.2. The van der Waals surface area contributed by atoms with E-state index < -0.39 is 203 Å². The highest BCUT2D eigenvalue weighted by molar-refractivity contribution is 6.03. The highest BCUT2D eigenvalue weighted by atomic mass is 16.5. The number of amides is 13. The van der Waals surface area contributed by atoms with E-state index in [0.29, 0.717) is 24.8 Å². The molecule has 0 aliphatic carbocycles. The number of aliphatic hydroxyl groups is 1. The second-order valence-corrected chi connectivity index (χ2v) is 30.0. The van der Waals surface area contributed by atoms with Crippen molar-refractivity contribution in [3.05, 3.63) is 47.7 Å². The lowest BCUT2D eigenvalue weighted by molar-refractivity contribution is -0.157. The number of likely N-dealkylation sites (tertiary alicyclic amines) is 1. The van der Waals surface area contributed by atoms with Gasteiger partial charge in [0.05, 0.1) is 6.10 Å². The minimum atomic E-state index is -1.83. The largest absolute Gasteiger partial charge is 0.458 e. The summed E-state index contributed by atoms with van der Waals surface area (Å²) >= 11 is 0. The van der Waals surface area contributed by atoms with Gasteiger partial charge in [0, 0.05) is 19.4 Å². The molecular formula is C75H124N14O16. The zero-order chi connectivity index (χ0) is 79.4. The number of rotatable bonds is 33. The Morgan fingerprint density at radius 1 is 0.610 bits per heavy atom. The molecule has 2 aliphatic rings. The highest BCUT2D eigenvalue weighted by Crippen LogP contribution is 2.23. The molecule has 15 N–H and O–H groups in total. The van der Waals surface area contributed by atoms with Crippen molar-refractivity contribution in [1.29, 1.82) is 0 Å². The van der Waals surface area contributed by atoms with Crippen molar-refractivity contribution >= 4 is 82.8 Å². The van der Waals surface area contributed by atoms with Gasteiger partial charge in [-0.15, -0.1) is 0 Å². The molecule has 30 nitrogen and oxygen atoms in total. The summed E-state index contributed by atoms with van der Waals surface area (Å²) in [6.45, 7) is 31.7. The Balaban J connectivity index is 2.00. The number of esters is 1. The lowest BCUT2D eigenvalue weighted by Gasteiger charge is -2.33. The predicted octanol–water partition coefficient (Wildman–Crippen LogP) is 1.84. The van der Waals surface area contributed by atoms with E-state index in [-0.39, 0.29) is 69.1 Å². The van der Waals surface area contributed by atoms with Crippen molar-refractivity contribution in [3.8, 4) is 0 Å². The number of carbonyl (C=O) groups excluding carboxylic acids is 14. The van der Waals surface area contributed by atoms with Crippen LogP contribution < -0.4 is 69.5 Å². The van der Waals surface area contributed by atoms with E-state index in [4.69, 9.17) is 10.5 Å². The van der Waals surface area contributed by atoms with E-state index >= 15 is 9.59 Å². The van der Waals surface area contributed by atoms with Crippen LogP contribution in [0, 0.1) is 47.3 Å². The Hall–Kier alpha value is -8.54. The smallest absolute Gasteiger partial charge is 0.329 e. The molecule has 2 heterocycles. The third kappa shape index (κ3) is 27.4. The number of carbonyl (C=O) groups is 14. The van der Waals surface area contributed by atoms with Crippen LogP contribution in [0.4, 0.5) is 0 Å². The number of cyclic esters (lactones) is 1. The number of hydrogen-bond donors (Lipinski definition) is 14. The molecule has 2 aliphatic heterocycles. The molecule has 0 unspecified atom stereocenters. The summed E-state index contributed by atoms with van der Waals surface area (Å²) in [5.74, 6) is -15.2. The number of aliphatic hydroxyl groups excluding tert-OH is 1. The number of ether oxygens (including phenoxy) is 1. The number of allylic oxidation sites excluding steroid dienone is 1. The normalized spacial score (nSPS) is 22.8. The summed E-state index contributed by atoms with van der Waals surface area (Å²) in [7, 11) is 0. The number of nitrogens with one attached hydrogen (secondary N) is 12. The fourth-order valence-electron chi connectivity index (χ4n) is 12.0. The molecule has 590 valence electrons. The predicted molar refractivity (Wildman–Crippen MR) is 395 cm³/mol. The van der Waals surface area contributed by atoms with Gasteiger partial charge in [0.15, 0.2) is 0 Å². The average molecular weight is 1480 g/mol. The second-order valence-electron chi connectivity index (χ2n) is 30.0. The molecule has 13 amide bonds. The van der Waals surface area contributed by atoms with Gasteiger partial charge in [-0.3, -0.25) is 62.3 Å². The van der Waals surface area contributed by atoms with E-state index in [2.05, 4.69) is 63.8 Å². The number of benzene rings is 1. The Morgan fingerprint density at radius 3 is 1.69 bits per heavy atom. The molecule has 2 fully saturated rings. The quantitative estimate of drug-likeness (QED) is 0.0353. The summed E-state index contributed by atoms with van der Waals surface area (Å²) in [6.07, 6.45) is 1.08. The molecule has 0 saturated carbocycles. The van der Waals surface area contributed by atoms with Crippen LogP contribution in [0.25, 0.3) is 0 Å². The van der Waals surface area contributed by atoms with Crippen molar-refractivity contribution in [1.82, 2.24) is 68.7 Å². The second kappa shape index (κ2) is 43.8. The van der Waals surface area contributed by atoms with Gasteiger partial charge in [-0.2, -0.15) is 0 Å². The number of nitrogens with two attached hydrogens (primary N) is 1. The van der Waals surface area contributed by atoms with Crippen molar-refractivity contribution in [2.24, 2.45) is 53.1 Å². The Labute approximate surface area is 620 Å². The van der Waals surface area contributed by atoms with Gasteiger partial charge in [0.2, 0.25) is 70.9 Å². The summed E-state index contributed by atoms with van der Waals surface area (Å²) in [5.41, 5.74) is 6.34. The van der Waals surface area contributed by atoms with Crippen molar-refractivity contribution in [2.45, 2.75) is 280 Å². The number of hydrogen-bond acceptors (Lipinski definition) is 17. The molecular weight excluding hydrogens is 1350 g/mol. The van der Waals surface area contributed by atoms with E-state index in [1.54, 1.807) is 127 Å². The van der Waals surface area contributed by atoms with Gasteiger partial charge in [0.1, 0.15) is 84.3 Å².